The Bertz CT molecular complexity index is 764. The molecule has 5 heteroatoms. The van der Waals surface area contributed by atoms with Crippen molar-refractivity contribution in [2.24, 2.45) is 0 Å². The molecule has 0 fully saturated rings. The number of para-hydroxylation sites is 2. The fourth-order valence-corrected chi connectivity index (χ4v) is 2.51. The van der Waals surface area contributed by atoms with Crippen molar-refractivity contribution in [3.63, 3.8) is 0 Å². The van der Waals surface area contributed by atoms with E-state index in [0.717, 1.165) is 34.7 Å². The third kappa shape index (κ3) is 2.63. The van der Waals surface area contributed by atoms with E-state index in [0.29, 0.717) is 25.6 Å². The Balaban J connectivity index is 1.40. The normalized spacial score (nSPS) is 13.5. The van der Waals surface area contributed by atoms with E-state index in [1.165, 1.54) is 0 Å². The molecule has 2 aromatic carbocycles. The molecule has 1 aromatic heterocycles. The summed E-state index contributed by atoms with van der Waals surface area (Å²) in [4.78, 5) is 4.44. The van der Waals surface area contributed by atoms with Gasteiger partial charge in [-0.1, -0.05) is 18.2 Å². The number of hydrogen-bond donors (Lipinski definition) is 1. The van der Waals surface area contributed by atoms with Gasteiger partial charge < -0.3 is 19.2 Å². The highest BCUT2D eigenvalue weighted by Gasteiger charge is 2.11. The molecule has 2 heterocycles. The van der Waals surface area contributed by atoms with Gasteiger partial charge in [0.25, 0.3) is 0 Å². The summed E-state index contributed by atoms with van der Waals surface area (Å²) in [5, 5.41) is 3.33. The van der Waals surface area contributed by atoms with Gasteiger partial charge in [-0.3, -0.25) is 0 Å². The fourth-order valence-electron chi connectivity index (χ4n) is 2.51. The molecule has 0 aliphatic carbocycles. The number of fused-ring (bicyclic) bond motifs is 2. The average Bonchev–Trinajstić information content (AvgIpc) is 2.97. The predicted octanol–water partition coefficient (Wildman–Crippen LogP) is 2.89. The molecule has 112 valence electrons. The molecule has 1 N–H and O–H groups in total. The molecule has 1 aliphatic rings. The van der Waals surface area contributed by atoms with E-state index < -0.39 is 0 Å². The van der Waals surface area contributed by atoms with Crippen LogP contribution in [0.4, 0.5) is 0 Å². The van der Waals surface area contributed by atoms with Crippen molar-refractivity contribution in [1.82, 2.24) is 10.3 Å². The van der Waals surface area contributed by atoms with E-state index in [9.17, 15) is 0 Å². The third-order valence-electron chi connectivity index (χ3n) is 3.55. The van der Waals surface area contributed by atoms with Gasteiger partial charge in [-0.15, -0.1) is 0 Å². The van der Waals surface area contributed by atoms with E-state index >= 15 is 0 Å². The predicted molar refractivity (Wildman–Crippen MR) is 82.0 cm³/mol. The minimum absolute atomic E-state index is 0.586. The van der Waals surface area contributed by atoms with Crippen molar-refractivity contribution in [3.8, 4) is 11.5 Å². The number of rotatable bonds is 4. The zero-order valence-electron chi connectivity index (χ0n) is 12.0. The molecule has 4 rings (SSSR count). The molecule has 0 saturated heterocycles. The lowest BCUT2D eigenvalue weighted by molar-refractivity contribution is 0.171. The highest BCUT2D eigenvalue weighted by atomic mass is 16.6. The molecule has 0 spiro atoms. The Kier molecular flexibility index (Phi) is 3.40. The van der Waals surface area contributed by atoms with Crippen LogP contribution in [0.5, 0.6) is 11.5 Å². The fraction of sp³-hybridized carbons (Fsp3) is 0.235. The summed E-state index contributed by atoms with van der Waals surface area (Å²) in [5.74, 6) is 2.32. The molecule has 0 bridgehead atoms. The molecule has 1 aliphatic heterocycles. The van der Waals surface area contributed by atoms with E-state index in [4.69, 9.17) is 13.9 Å². The summed E-state index contributed by atoms with van der Waals surface area (Å²) in [6.45, 7) is 2.52. The molecule has 5 nitrogen and oxygen atoms in total. The van der Waals surface area contributed by atoms with Crippen LogP contribution in [0, 0.1) is 0 Å². The highest BCUT2D eigenvalue weighted by Crippen LogP contribution is 2.30. The van der Waals surface area contributed by atoms with Crippen LogP contribution >= 0.6 is 0 Å². The monoisotopic (exact) mass is 296 g/mol. The van der Waals surface area contributed by atoms with Crippen LogP contribution in [0.3, 0.4) is 0 Å². The molecule has 22 heavy (non-hydrogen) atoms. The third-order valence-corrected chi connectivity index (χ3v) is 3.55. The number of nitrogens with one attached hydrogen (secondary N) is 1. The summed E-state index contributed by atoms with van der Waals surface area (Å²) in [5.41, 5.74) is 2.85. The molecule has 0 saturated carbocycles. The Labute approximate surface area is 127 Å². The minimum atomic E-state index is 0.586. The lowest BCUT2D eigenvalue weighted by Crippen LogP contribution is -2.16. The van der Waals surface area contributed by atoms with Crippen molar-refractivity contribution >= 4 is 11.1 Å². The maximum absolute atomic E-state index is 5.68. The Morgan fingerprint density at radius 2 is 1.82 bits per heavy atom. The van der Waals surface area contributed by atoms with Gasteiger partial charge in [0.2, 0.25) is 5.89 Å². The number of oxazole rings is 1. The second-order valence-electron chi connectivity index (χ2n) is 5.16. The van der Waals surface area contributed by atoms with Gasteiger partial charge in [0, 0.05) is 6.54 Å². The lowest BCUT2D eigenvalue weighted by atomic mass is 10.2. The summed E-state index contributed by atoms with van der Waals surface area (Å²) >= 11 is 0. The highest BCUT2D eigenvalue weighted by molar-refractivity contribution is 5.72. The first kappa shape index (κ1) is 13.2. The molecule has 3 aromatic rings. The van der Waals surface area contributed by atoms with Crippen LogP contribution in [0.2, 0.25) is 0 Å². The van der Waals surface area contributed by atoms with Crippen molar-refractivity contribution in [1.29, 1.82) is 0 Å². The maximum Gasteiger partial charge on any atom is 0.209 e. The second kappa shape index (κ2) is 5.69. The maximum atomic E-state index is 5.68. The van der Waals surface area contributed by atoms with Crippen LogP contribution in [-0.4, -0.2) is 18.2 Å². The first-order valence-electron chi connectivity index (χ1n) is 7.32. The topological polar surface area (TPSA) is 56.5 Å². The molecule has 0 unspecified atom stereocenters. The molecular formula is C17H16N2O3. The van der Waals surface area contributed by atoms with Crippen LogP contribution in [0.15, 0.2) is 46.9 Å². The van der Waals surface area contributed by atoms with E-state index in [1.807, 2.05) is 42.5 Å². The summed E-state index contributed by atoms with van der Waals surface area (Å²) < 4.78 is 16.8. The number of benzene rings is 2. The minimum Gasteiger partial charge on any atom is -0.486 e. The molecule has 0 atom stereocenters. The van der Waals surface area contributed by atoms with Gasteiger partial charge in [-0.2, -0.15) is 0 Å². The largest absolute Gasteiger partial charge is 0.486 e. The molecule has 0 radical (unpaired) electrons. The van der Waals surface area contributed by atoms with Crippen molar-refractivity contribution in [2.75, 3.05) is 13.2 Å². The van der Waals surface area contributed by atoms with Crippen LogP contribution in [-0.2, 0) is 13.1 Å². The van der Waals surface area contributed by atoms with Gasteiger partial charge >= 0.3 is 0 Å². The first-order chi connectivity index (χ1) is 10.9. The lowest BCUT2D eigenvalue weighted by Gasteiger charge is -2.18. The second-order valence-corrected chi connectivity index (χ2v) is 5.16. The standard InChI is InChI=1S/C17H16N2O3/c1-2-4-14-13(3-1)19-17(22-14)11-18-10-12-5-6-15-16(9-12)21-8-7-20-15/h1-6,9,18H,7-8,10-11H2. The summed E-state index contributed by atoms with van der Waals surface area (Å²) in [6.07, 6.45) is 0. The quantitative estimate of drug-likeness (QED) is 0.802. The van der Waals surface area contributed by atoms with E-state index in [-0.39, 0.29) is 0 Å². The summed E-state index contributed by atoms with van der Waals surface area (Å²) in [6, 6.07) is 13.8. The first-order valence-corrected chi connectivity index (χ1v) is 7.32. The van der Waals surface area contributed by atoms with Crippen molar-refractivity contribution in [3.05, 3.63) is 53.9 Å². The summed E-state index contributed by atoms with van der Waals surface area (Å²) in [7, 11) is 0. The van der Waals surface area contributed by atoms with Gasteiger partial charge in [-0.25, -0.2) is 4.98 Å². The number of hydrogen-bond acceptors (Lipinski definition) is 5. The SMILES string of the molecule is c1ccc2oc(CNCc3ccc4c(c3)OCCO4)nc2c1. The number of aromatic nitrogens is 1. The van der Waals surface area contributed by atoms with Crippen molar-refractivity contribution in [2.45, 2.75) is 13.1 Å². The Hall–Kier alpha value is -2.53. The van der Waals surface area contributed by atoms with Gasteiger partial charge in [0.15, 0.2) is 17.1 Å². The zero-order chi connectivity index (χ0) is 14.8. The van der Waals surface area contributed by atoms with Crippen LogP contribution in [0.1, 0.15) is 11.5 Å². The average molecular weight is 296 g/mol. The van der Waals surface area contributed by atoms with Gasteiger partial charge in [0.1, 0.15) is 18.7 Å². The van der Waals surface area contributed by atoms with E-state index in [1.54, 1.807) is 0 Å². The van der Waals surface area contributed by atoms with Crippen molar-refractivity contribution < 1.29 is 13.9 Å². The number of nitrogens with zero attached hydrogens (tertiary/aromatic N) is 1. The van der Waals surface area contributed by atoms with Gasteiger partial charge in [0.05, 0.1) is 6.54 Å². The van der Waals surface area contributed by atoms with Gasteiger partial charge in [-0.05, 0) is 29.8 Å². The molecule has 0 amide bonds. The zero-order valence-corrected chi connectivity index (χ0v) is 12.0. The van der Waals surface area contributed by atoms with Crippen LogP contribution < -0.4 is 14.8 Å². The number of ether oxygens (including phenoxy) is 2. The molecular weight excluding hydrogens is 280 g/mol. The Morgan fingerprint density at radius 1 is 0.955 bits per heavy atom. The smallest absolute Gasteiger partial charge is 0.209 e. The van der Waals surface area contributed by atoms with Crippen LogP contribution in [0.25, 0.3) is 11.1 Å². The van der Waals surface area contributed by atoms with E-state index in [2.05, 4.69) is 10.3 Å². The Morgan fingerprint density at radius 3 is 2.73 bits per heavy atom.